The lowest BCUT2D eigenvalue weighted by Crippen LogP contribution is -2.11. The zero-order valence-corrected chi connectivity index (χ0v) is 9.44. The molecule has 2 N–H and O–H groups in total. The minimum Gasteiger partial charge on any atom is -0.317 e. The smallest absolute Gasteiger partial charge is 0.115 e. The first kappa shape index (κ1) is 9.76. The zero-order chi connectivity index (χ0) is 9.97. The standard InChI is InChI=1S/C9H11N3S2/c1-2-7-12-6(5-14-7)8(10)9-11-3-4-13-9/h3-5,8H,2,10H2,1H3. The van der Waals surface area contributed by atoms with Crippen LogP contribution < -0.4 is 5.73 Å². The molecule has 0 aliphatic carbocycles. The predicted molar refractivity (Wildman–Crippen MR) is 59.6 cm³/mol. The van der Waals surface area contributed by atoms with E-state index in [-0.39, 0.29) is 6.04 Å². The van der Waals surface area contributed by atoms with Crippen molar-refractivity contribution in [2.75, 3.05) is 0 Å². The van der Waals surface area contributed by atoms with Crippen molar-refractivity contribution in [1.82, 2.24) is 9.97 Å². The summed E-state index contributed by atoms with van der Waals surface area (Å²) < 4.78 is 0. The molecule has 2 heterocycles. The van der Waals surface area contributed by atoms with Gasteiger partial charge in [0.05, 0.1) is 10.7 Å². The first-order chi connectivity index (χ1) is 6.81. The maximum absolute atomic E-state index is 6.02. The molecule has 0 aromatic carbocycles. The summed E-state index contributed by atoms with van der Waals surface area (Å²) in [7, 11) is 0. The summed E-state index contributed by atoms with van der Waals surface area (Å²) >= 11 is 3.23. The lowest BCUT2D eigenvalue weighted by atomic mass is 10.2. The Morgan fingerprint density at radius 2 is 2.36 bits per heavy atom. The Balaban J connectivity index is 2.23. The van der Waals surface area contributed by atoms with Crippen LogP contribution in [0.2, 0.25) is 0 Å². The van der Waals surface area contributed by atoms with Gasteiger partial charge in [0.1, 0.15) is 11.0 Å². The average Bonchev–Trinajstić information content (AvgIpc) is 2.88. The van der Waals surface area contributed by atoms with Crippen LogP contribution in [0.25, 0.3) is 0 Å². The second kappa shape index (κ2) is 4.16. The van der Waals surface area contributed by atoms with Gasteiger partial charge in [0.2, 0.25) is 0 Å². The number of hydrogen-bond acceptors (Lipinski definition) is 5. The van der Waals surface area contributed by atoms with E-state index in [1.54, 1.807) is 28.9 Å². The Bertz CT molecular complexity index is 394. The highest BCUT2D eigenvalue weighted by Gasteiger charge is 2.14. The Labute approximate surface area is 90.6 Å². The molecule has 1 unspecified atom stereocenters. The lowest BCUT2D eigenvalue weighted by Gasteiger charge is -2.03. The van der Waals surface area contributed by atoms with Gasteiger partial charge in [0.25, 0.3) is 0 Å². The second-order valence-corrected chi connectivity index (χ2v) is 4.74. The van der Waals surface area contributed by atoms with Gasteiger partial charge in [-0.2, -0.15) is 0 Å². The van der Waals surface area contributed by atoms with E-state index in [2.05, 4.69) is 16.9 Å². The molecule has 0 bridgehead atoms. The molecule has 0 radical (unpaired) electrons. The van der Waals surface area contributed by atoms with Crippen LogP contribution in [0.5, 0.6) is 0 Å². The SMILES string of the molecule is CCc1nc(C(N)c2nccs2)cs1. The first-order valence-electron chi connectivity index (χ1n) is 4.40. The van der Waals surface area contributed by atoms with Crippen LogP contribution in [0.1, 0.15) is 28.7 Å². The highest BCUT2D eigenvalue weighted by Crippen LogP contribution is 2.22. The van der Waals surface area contributed by atoms with Crippen LogP contribution in [0.15, 0.2) is 17.0 Å². The largest absolute Gasteiger partial charge is 0.317 e. The van der Waals surface area contributed by atoms with Gasteiger partial charge in [-0.05, 0) is 6.42 Å². The molecule has 74 valence electrons. The van der Waals surface area contributed by atoms with Crippen LogP contribution in [-0.4, -0.2) is 9.97 Å². The number of nitrogens with zero attached hydrogens (tertiary/aromatic N) is 2. The van der Waals surface area contributed by atoms with Gasteiger partial charge in [-0.15, -0.1) is 22.7 Å². The van der Waals surface area contributed by atoms with Crippen molar-refractivity contribution in [2.45, 2.75) is 19.4 Å². The number of aryl methyl sites for hydroxylation is 1. The summed E-state index contributed by atoms with van der Waals surface area (Å²) in [6, 6.07) is -0.161. The fourth-order valence-corrected chi connectivity index (χ4v) is 2.58. The van der Waals surface area contributed by atoms with Crippen LogP contribution >= 0.6 is 22.7 Å². The lowest BCUT2D eigenvalue weighted by molar-refractivity contribution is 0.819. The van der Waals surface area contributed by atoms with E-state index < -0.39 is 0 Å². The molecule has 2 aromatic rings. The van der Waals surface area contributed by atoms with E-state index in [9.17, 15) is 0 Å². The van der Waals surface area contributed by atoms with Crippen molar-refractivity contribution in [3.8, 4) is 0 Å². The summed E-state index contributed by atoms with van der Waals surface area (Å²) in [5, 5.41) is 6.01. The number of nitrogens with two attached hydrogens (primary N) is 1. The van der Waals surface area contributed by atoms with Crippen LogP contribution in [0, 0.1) is 0 Å². The molecule has 2 aromatic heterocycles. The summed E-state index contributed by atoms with van der Waals surface area (Å²) in [6.45, 7) is 2.09. The van der Waals surface area contributed by atoms with Gasteiger partial charge in [-0.25, -0.2) is 9.97 Å². The fourth-order valence-electron chi connectivity index (χ4n) is 1.14. The number of rotatable bonds is 3. The maximum Gasteiger partial charge on any atom is 0.115 e. The van der Waals surface area contributed by atoms with Gasteiger partial charge in [-0.3, -0.25) is 0 Å². The average molecular weight is 225 g/mol. The van der Waals surface area contributed by atoms with E-state index in [0.29, 0.717) is 0 Å². The number of thiazole rings is 2. The molecule has 0 fully saturated rings. The topological polar surface area (TPSA) is 51.8 Å². The fraction of sp³-hybridized carbons (Fsp3) is 0.333. The molecule has 0 saturated heterocycles. The highest BCUT2D eigenvalue weighted by atomic mass is 32.1. The molecule has 3 nitrogen and oxygen atoms in total. The zero-order valence-electron chi connectivity index (χ0n) is 7.80. The van der Waals surface area contributed by atoms with Crippen molar-refractivity contribution < 1.29 is 0 Å². The van der Waals surface area contributed by atoms with Crippen LogP contribution in [0.3, 0.4) is 0 Å². The highest BCUT2D eigenvalue weighted by molar-refractivity contribution is 7.10. The number of aromatic nitrogens is 2. The Hall–Kier alpha value is -0.780. The quantitative estimate of drug-likeness (QED) is 0.871. The summed E-state index contributed by atoms with van der Waals surface area (Å²) in [5.74, 6) is 0. The van der Waals surface area contributed by atoms with Crippen molar-refractivity contribution in [2.24, 2.45) is 5.73 Å². The third-order valence-electron chi connectivity index (χ3n) is 1.91. The molecular weight excluding hydrogens is 214 g/mol. The molecular formula is C9H11N3S2. The van der Waals surface area contributed by atoms with Crippen molar-refractivity contribution >= 4 is 22.7 Å². The molecule has 0 amide bonds. The first-order valence-corrected chi connectivity index (χ1v) is 6.16. The number of hydrogen-bond donors (Lipinski definition) is 1. The van der Waals surface area contributed by atoms with Gasteiger partial charge >= 0.3 is 0 Å². The molecule has 0 aliphatic heterocycles. The normalized spacial score (nSPS) is 13.0. The van der Waals surface area contributed by atoms with E-state index in [1.165, 1.54) is 0 Å². The second-order valence-electron chi connectivity index (χ2n) is 2.87. The Morgan fingerprint density at radius 3 is 2.93 bits per heavy atom. The third-order valence-corrected chi connectivity index (χ3v) is 3.78. The van der Waals surface area contributed by atoms with Crippen molar-refractivity contribution in [1.29, 1.82) is 0 Å². The molecule has 1 atom stereocenters. The van der Waals surface area contributed by atoms with E-state index in [1.807, 2.05) is 10.8 Å². The summed E-state index contributed by atoms with van der Waals surface area (Å²) in [6.07, 6.45) is 2.74. The van der Waals surface area contributed by atoms with E-state index >= 15 is 0 Å². The van der Waals surface area contributed by atoms with Gasteiger partial charge in [0.15, 0.2) is 0 Å². The molecule has 0 aliphatic rings. The Morgan fingerprint density at radius 1 is 1.50 bits per heavy atom. The van der Waals surface area contributed by atoms with Crippen molar-refractivity contribution in [3.63, 3.8) is 0 Å². The molecule has 0 saturated carbocycles. The third kappa shape index (κ3) is 1.84. The molecule has 5 heteroatoms. The summed E-state index contributed by atoms with van der Waals surface area (Å²) in [5.41, 5.74) is 6.95. The maximum atomic E-state index is 6.02. The Kier molecular flexibility index (Phi) is 2.90. The monoisotopic (exact) mass is 225 g/mol. The van der Waals surface area contributed by atoms with Gasteiger partial charge in [0, 0.05) is 17.0 Å². The molecule has 0 spiro atoms. The van der Waals surface area contributed by atoms with Crippen molar-refractivity contribution in [3.05, 3.63) is 32.7 Å². The predicted octanol–water partition coefficient (Wildman–Crippen LogP) is 2.21. The van der Waals surface area contributed by atoms with Crippen LogP contribution in [0.4, 0.5) is 0 Å². The van der Waals surface area contributed by atoms with Gasteiger partial charge in [-0.1, -0.05) is 6.92 Å². The minimum atomic E-state index is -0.161. The summed E-state index contributed by atoms with van der Waals surface area (Å²) in [4.78, 5) is 8.63. The van der Waals surface area contributed by atoms with Gasteiger partial charge < -0.3 is 5.73 Å². The molecule has 14 heavy (non-hydrogen) atoms. The molecule has 2 rings (SSSR count). The minimum absolute atomic E-state index is 0.161. The van der Waals surface area contributed by atoms with E-state index in [0.717, 1.165) is 22.1 Å². The van der Waals surface area contributed by atoms with Crippen LogP contribution in [-0.2, 0) is 6.42 Å². The van der Waals surface area contributed by atoms with E-state index in [4.69, 9.17) is 5.73 Å².